The standard InChI is InChI=1S/C15H21NO5/c1-11(12-3-4-13(21-12)14(17)18-2)16-7-5-15(6-8-16)19-9-10-20-15/h3-4,11H,5-10H2,1-2H3. The van der Waals surface area contributed by atoms with Gasteiger partial charge < -0.3 is 18.6 Å². The maximum Gasteiger partial charge on any atom is 0.373 e. The Morgan fingerprint density at radius 3 is 2.57 bits per heavy atom. The van der Waals surface area contributed by atoms with E-state index in [1.165, 1.54) is 7.11 Å². The zero-order chi connectivity index (χ0) is 14.9. The summed E-state index contributed by atoms with van der Waals surface area (Å²) in [7, 11) is 1.35. The molecule has 0 aromatic carbocycles. The first-order chi connectivity index (χ1) is 10.1. The third-order valence-electron chi connectivity index (χ3n) is 4.35. The Morgan fingerprint density at radius 2 is 1.95 bits per heavy atom. The number of nitrogens with zero attached hydrogens (tertiary/aromatic N) is 1. The minimum absolute atomic E-state index is 0.113. The normalized spacial score (nSPS) is 23.3. The molecule has 1 atom stereocenters. The van der Waals surface area contributed by atoms with Gasteiger partial charge in [-0.25, -0.2) is 4.79 Å². The van der Waals surface area contributed by atoms with Crippen molar-refractivity contribution in [2.24, 2.45) is 0 Å². The predicted molar refractivity (Wildman–Crippen MR) is 73.9 cm³/mol. The van der Waals surface area contributed by atoms with Gasteiger partial charge in [0.25, 0.3) is 0 Å². The van der Waals surface area contributed by atoms with Gasteiger partial charge in [-0.2, -0.15) is 0 Å². The molecule has 116 valence electrons. The van der Waals surface area contributed by atoms with E-state index in [9.17, 15) is 4.79 Å². The first-order valence-corrected chi connectivity index (χ1v) is 7.33. The highest BCUT2D eigenvalue weighted by atomic mass is 16.7. The third kappa shape index (κ3) is 2.84. The first-order valence-electron chi connectivity index (χ1n) is 7.33. The van der Waals surface area contributed by atoms with Gasteiger partial charge in [0.1, 0.15) is 5.76 Å². The van der Waals surface area contributed by atoms with Crippen molar-refractivity contribution in [3.63, 3.8) is 0 Å². The second kappa shape index (κ2) is 5.79. The lowest BCUT2D eigenvalue weighted by molar-refractivity contribution is -0.188. The van der Waals surface area contributed by atoms with Crippen molar-refractivity contribution >= 4 is 5.97 Å². The molecule has 0 amide bonds. The number of carbonyl (C=O) groups is 1. The molecule has 1 unspecified atom stereocenters. The van der Waals surface area contributed by atoms with E-state index in [1.807, 2.05) is 6.07 Å². The summed E-state index contributed by atoms with van der Waals surface area (Å²) < 4.78 is 21.7. The maximum atomic E-state index is 11.4. The smallest absolute Gasteiger partial charge is 0.373 e. The number of piperidine rings is 1. The molecule has 2 aliphatic rings. The molecule has 6 nitrogen and oxygen atoms in total. The lowest BCUT2D eigenvalue weighted by atomic mass is 10.0. The summed E-state index contributed by atoms with van der Waals surface area (Å²) in [6.07, 6.45) is 1.73. The van der Waals surface area contributed by atoms with E-state index in [0.29, 0.717) is 13.2 Å². The molecular weight excluding hydrogens is 274 g/mol. The van der Waals surface area contributed by atoms with Gasteiger partial charge in [-0.15, -0.1) is 0 Å². The highest BCUT2D eigenvalue weighted by molar-refractivity contribution is 5.86. The van der Waals surface area contributed by atoms with Crippen molar-refractivity contribution in [1.82, 2.24) is 4.90 Å². The van der Waals surface area contributed by atoms with E-state index in [0.717, 1.165) is 31.7 Å². The molecule has 1 spiro atoms. The van der Waals surface area contributed by atoms with Crippen LogP contribution >= 0.6 is 0 Å². The lowest BCUT2D eigenvalue weighted by Crippen LogP contribution is -2.45. The molecule has 1 aromatic heterocycles. The number of rotatable bonds is 3. The largest absolute Gasteiger partial charge is 0.463 e. The van der Waals surface area contributed by atoms with Crippen LogP contribution in [0.4, 0.5) is 0 Å². The van der Waals surface area contributed by atoms with Crippen LogP contribution < -0.4 is 0 Å². The van der Waals surface area contributed by atoms with Gasteiger partial charge in [-0.05, 0) is 19.1 Å². The second-order valence-corrected chi connectivity index (χ2v) is 5.51. The fourth-order valence-corrected chi connectivity index (χ4v) is 3.01. The Kier molecular flexibility index (Phi) is 4.01. The van der Waals surface area contributed by atoms with E-state index < -0.39 is 5.97 Å². The molecule has 2 aliphatic heterocycles. The average Bonchev–Trinajstić information content (AvgIpc) is 3.16. The van der Waals surface area contributed by atoms with Crippen LogP contribution in [0.2, 0.25) is 0 Å². The summed E-state index contributed by atoms with van der Waals surface area (Å²) in [6.45, 7) is 5.23. The van der Waals surface area contributed by atoms with E-state index in [2.05, 4.69) is 16.6 Å². The summed E-state index contributed by atoms with van der Waals surface area (Å²) >= 11 is 0. The zero-order valence-electron chi connectivity index (χ0n) is 12.5. The van der Waals surface area contributed by atoms with Gasteiger partial charge >= 0.3 is 5.97 Å². The molecule has 2 fully saturated rings. The summed E-state index contributed by atoms with van der Waals surface area (Å²) in [6, 6.07) is 3.61. The zero-order valence-corrected chi connectivity index (χ0v) is 12.5. The molecule has 3 heterocycles. The number of methoxy groups -OCH3 is 1. The van der Waals surface area contributed by atoms with Crippen LogP contribution in [-0.2, 0) is 14.2 Å². The van der Waals surface area contributed by atoms with Crippen molar-refractivity contribution in [3.8, 4) is 0 Å². The Labute approximate surface area is 123 Å². The molecular formula is C15H21NO5. The summed E-state index contributed by atoms with van der Waals surface area (Å²) in [5.41, 5.74) is 0. The minimum atomic E-state index is -0.446. The van der Waals surface area contributed by atoms with Crippen LogP contribution in [0.5, 0.6) is 0 Å². The van der Waals surface area contributed by atoms with Crippen LogP contribution in [0.25, 0.3) is 0 Å². The Balaban J connectivity index is 1.62. The van der Waals surface area contributed by atoms with Gasteiger partial charge in [0.05, 0.1) is 26.4 Å². The van der Waals surface area contributed by atoms with Crippen molar-refractivity contribution in [2.75, 3.05) is 33.4 Å². The van der Waals surface area contributed by atoms with E-state index >= 15 is 0 Å². The topological polar surface area (TPSA) is 61.1 Å². The van der Waals surface area contributed by atoms with E-state index in [4.69, 9.17) is 13.9 Å². The molecule has 0 aliphatic carbocycles. The van der Waals surface area contributed by atoms with Crippen molar-refractivity contribution in [3.05, 3.63) is 23.7 Å². The summed E-state index contributed by atoms with van der Waals surface area (Å²) in [5, 5.41) is 0. The maximum absolute atomic E-state index is 11.4. The number of hydrogen-bond donors (Lipinski definition) is 0. The van der Waals surface area contributed by atoms with E-state index in [-0.39, 0.29) is 17.6 Å². The Hall–Kier alpha value is -1.37. The van der Waals surface area contributed by atoms with Gasteiger partial charge in [0, 0.05) is 25.9 Å². The van der Waals surface area contributed by atoms with Crippen LogP contribution in [-0.4, -0.2) is 50.1 Å². The van der Waals surface area contributed by atoms with Crippen molar-refractivity contribution < 1.29 is 23.4 Å². The molecule has 1 aromatic rings. The van der Waals surface area contributed by atoms with Crippen molar-refractivity contribution in [2.45, 2.75) is 31.6 Å². The lowest BCUT2D eigenvalue weighted by Gasteiger charge is -2.39. The van der Waals surface area contributed by atoms with Crippen LogP contribution in [0, 0.1) is 0 Å². The number of carbonyl (C=O) groups excluding carboxylic acids is 1. The summed E-state index contributed by atoms with van der Waals surface area (Å²) in [5.74, 6) is 0.213. The molecule has 0 N–H and O–H groups in total. The molecule has 2 saturated heterocycles. The van der Waals surface area contributed by atoms with Crippen LogP contribution in [0.3, 0.4) is 0 Å². The molecule has 3 rings (SSSR count). The number of hydrogen-bond acceptors (Lipinski definition) is 6. The number of likely N-dealkylation sites (tertiary alicyclic amines) is 1. The van der Waals surface area contributed by atoms with Gasteiger partial charge in [0.2, 0.25) is 5.76 Å². The highest BCUT2D eigenvalue weighted by Crippen LogP contribution is 2.34. The van der Waals surface area contributed by atoms with Crippen LogP contribution in [0.15, 0.2) is 16.5 Å². The molecule has 21 heavy (non-hydrogen) atoms. The average molecular weight is 295 g/mol. The number of ether oxygens (including phenoxy) is 3. The van der Waals surface area contributed by atoms with Gasteiger partial charge in [0.15, 0.2) is 5.79 Å². The quantitative estimate of drug-likeness (QED) is 0.795. The number of furan rings is 1. The molecule has 6 heteroatoms. The number of esters is 1. The first kappa shape index (κ1) is 14.6. The Morgan fingerprint density at radius 1 is 1.29 bits per heavy atom. The fourth-order valence-electron chi connectivity index (χ4n) is 3.01. The predicted octanol–water partition coefficient (Wildman–Crippen LogP) is 1.97. The van der Waals surface area contributed by atoms with Gasteiger partial charge in [-0.3, -0.25) is 4.90 Å². The molecule has 0 radical (unpaired) electrons. The fraction of sp³-hybridized carbons (Fsp3) is 0.667. The van der Waals surface area contributed by atoms with Gasteiger partial charge in [-0.1, -0.05) is 0 Å². The Bertz CT molecular complexity index is 496. The summed E-state index contributed by atoms with van der Waals surface area (Å²) in [4.78, 5) is 13.7. The molecule has 0 saturated carbocycles. The SMILES string of the molecule is COC(=O)c1ccc(C(C)N2CCC3(CC2)OCCO3)o1. The third-order valence-corrected chi connectivity index (χ3v) is 4.35. The monoisotopic (exact) mass is 295 g/mol. The second-order valence-electron chi connectivity index (χ2n) is 5.51. The highest BCUT2D eigenvalue weighted by Gasteiger charge is 2.41. The minimum Gasteiger partial charge on any atom is -0.463 e. The van der Waals surface area contributed by atoms with Crippen LogP contribution in [0.1, 0.15) is 42.1 Å². The van der Waals surface area contributed by atoms with Crippen molar-refractivity contribution in [1.29, 1.82) is 0 Å². The van der Waals surface area contributed by atoms with E-state index in [1.54, 1.807) is 6.07 Å². The molecule has 0 bridgehead atoms.